The first-order valence-corrected chi connectivity index (χ1v) is 6.67. The summed E-state index contributed by atoms with van der Waals surface area (Å²) in [6.07, 6.45) is 0. The number of benzene rings is 1. The molecule has 0 amide bonds. The second kappa shape index (κ2) is 6.08. The van der Waals surface area contributed by atoms with Gasteiger partial charge < -0.3 is 15.9 Å². The van der Waals surface area contributed by atoms with Crippen LogP contribution in [0.15, 0.2) is 24.3 Å². The van der Waals surface area contributed by atoms with Crippen LogP contribution >= 0.6 is 11.8 Å². The second-order valence-electron chi connectivity index (χ2n) is 4.71. The lowest BCUT2D eigenvalue weighted by Gasteiger charge is -2.28. The summed E-state index contributed by atoms with van der Waals surface area (Å²) < 4.78 is -0.600. The van der Waals surface area contributed by atoms with Gasteiger partial charge in [0.25, 0.3) is 0 Å². The minimum atomic E-state index is -1.03. The molecule has 0 aromatic heterocycles. The lowest BCUT2D eigenvalue weighted by molar-refractivity contribution is -0.139. The summed E-state index contributed by atoms with van der Waals surface area (Å²) in [5, 5.41) is 17.7. The zero-order chi connectivity index (χ0) is 14.6. The minimum absolute atomic E-state index is 0.232. The van der Waals surface area contributed by atoms with Crippen LogP contribution in [0.1, 0.15) is 29.8 Å². The first-order chi connectivity index (χ1) is 8.74. The van der Waals surface area contributed by atoms with Crippen LogP contribution in [-0.2, 0) is 10.5 Å². The van der Waals surface area contributed by atoms with Crippen LogP contribution in [-0.4, -0.2) is 32.9 Å². The predicted molar refractivity (Wildman–Crippen MR) is 74.4 cm³/mol. The highest BCUT2D eigenvalue weighted by atomic mass is 32.2. The van der Waals surface area contributed by atoms with Crippen molar-refractivity contribution in [2.75, 3.05) is 0 Å². The van der Waals surface area contributed by atoms with E-state index in [0.29, 0.717) is 5.75 Å². The molecule has 6 heteroatoms. The molecule has 0 aliphatic carbocycles. The van der Waals surface area contributed by atoms with Crippen LogP contribution < -0.4 is 5.73 Å². The van der Waals surface area contributed by atoms with E-state index < -0.39 is 22.7 Å². The van der Waals surface area contributed by atoms with Gasteiger partial charge in [0.2, 0.25) is 0 Å². The molecule has 1 rings (SSSR count). The molecule has 0 saturated carbocycles. The Balaban J connectivity index is 2.66. The average molecular weight is 283 g/mol. The molecule has 0 aliphatic rings. The SMILES string of the molecule is CC(C)(SCc1ccc(C(=O)O)cc1)[C@@H](N)C(=O)O. The van der Waals surface area contributed by atoms with Gasteiger partial charge in [-0.25, -0.2) is 4.79 Å². The number of nitrogens with two attached hydrogens (primary N) is 1. The molecule has 1 aromatic carbocycles. The normalized spacial score (nSPS) is 13.0. The molecule has 0 unspecified atom stereocenters. The molecule has 0 fully saturated rings. The number of aromatic carboxylic acids is 1. The molecule has 0 heterocycles. The maximum absolute atomic E-state index is 10.9. The summed E-state index contributed by atoms with van der Waals surface area (Å²) >= 11 is 1.43. The molecule has 1 aromatic rings. The third kappa shape index (κ3) is 4.25. The molecule has 0 bridgehead atoms. The van der Waals surface area contributed by atoms with E-state index in [9.17, 15) is 9.59 Å². The fraction of sp³-hybridized carbons (Fsp3) is 0.385. The van der Waals surface area contributed by atoms with E-state index in [0.717, 1.165) is 5.56 Å². The zero-order valence-corrected chi connectivity index (χ0v) is 11.6. The van der Waals surface area contributed by atoms with Crippen molar-refractivity contribution in [1.29, 1.82) is 0 Å². The summed E-state index contributed by atoms with van der Waals surface area (Å²) in [6, 6.07) is 5.55. The monoisotopic (exact) mass is 283 g/mol. The van der Waals surface area contributed by atoms with Gasteiger partial charge in [0.15, 0.2) is 0 Å². The Morgan fingerprint density at radius 3 is 2.21 bits per heavy atom. The van der Waals surface area contributed by atoms with E-state index in [1.807, 2.05) is 0 Å². The quantitative estimate of drug-likeness (QED) is 0.736. The first-order valence-electron chi connectivity index (χ1n) is 5.68. The number of rotatable bonds is 6. The van der Waals surface area contributed by atoms with Crippen molar-refractivity contribution in [1.82, 2.24) is 0 Å². The second-order valence-corrected chi connectivity index (χ2v) is 6.34. The number of carboxylic acids is 2. The molecular weight excluding hydrogens is 266 g/mol. The third-order valence-corrected chi connectivity index (χ3v) is 4.30. The molecule has 19 heavy (non-hydrogen) atoms. The summed E-state index contributed by atoms with van der Waals surface area (Å²) in [4.78, 5) is 21.6. The van der Waals surface area contributed by atoms with Crippen molar-refractivity contribution in [2.45, 2.75) is 30.4 Å². The first kappa shape index (κ1) is 15.5. The number of carbonyl (C=O) groups is 2. The number of carboxylic acid groups (broad SMARTS) is 2. The Labute approximate surface area is 115 Å². The largest absolute Gasteiger partial charge is 0.480 e. The van der Waals surface area contributed by atoms with Crippen molar-refractivity contribution < 1.29 is 19.8 Å². The van der Waals surface area contributed by atoms with Crippen molar-refractivity contribution in [3.8, 4) is 0 Å². The molecule has 4 N–H and O–H groups in total. The van der Waals surface area contributed by atoms with E-state index in [4.69, 9.17) is 15.9 Å². The van der Waals surface area contributed by atoms with Crippen LogP contribution in [0.3, 0.4) is 0 Å². The van der Waals surface area contributed by atoms with Gasteiger partial charge in [-0.1, -0.05) is 12.1 Å². The van der Waals surface area contributed by atoms with Gasteiger partial charge in [0.1, 0.15) is 6.04 Å². The standard InChI is InChI=1S/C13H17NO4S/c1-13(2,10(14)12(17)18)19-7-8-3-5-9(6-4-8)11(15)16/h3-6,10H,7,14H2,1-2H3,(H,15,16)(H,17,18)/t10-/m0/s1. The number of aliphatic carboxylic acids is 1. The predicted octanol–water partition coefficient (Wildman–Crippen LogP) is 1.81. The van der Waals surface area contributed by atoms with E-state index in [-0.39, 0.29) is 5.56 Å². The highest BCUT2D eigenvalue weighted by molar-refractivity contribution is 7.99. The van der Waals surface area contributed by atoms with Gasteiger partial charge >= 0.3 is 11.9 Å². The van der Waals surface area contributed by atoms with Crippen LogP contribution in [0.2, 0.25) is 0 Å². The Morgan fingerprint density at radius 1 is 1.26 bits per heavy atom. The minimum Gasteiger partial charge on any atom is -0.480 e. The zero-order valence-electron chi connectivity index (χ0n) is 10.8. The number of hydrogen-bond donors (Lipinski definition) is 3. The van der Waals surface area contributed by atoms with Crippen LogP contribution in [0.5, 0.6) is 0 Å². The highest BCUT2D eigenvalue weighted by Crippen LogP contribution is 2.30. The van der Waals surface area contributed by atoms with Crippen LogP contribution in [0, 0.1) is 0 Å². The Hall–Kier alpha value is -1.53. The lowest BCUT2D eigenvalue weighted by atomic mass is 10.1. The van der Waals surface area contributed by atoms with Crippen molar-refractivity contribution >= 4 is 23.7 Å². The van der Waals surface area contributed by atoms with Gasteiger partial charge in [-0.3, -0.25) is 4.79 Å². The van der Waals surface area contributed by atoms with Gasteiger partial charge in [-0.05, 0) is 31.5 Å². The van der Waals surface area contributed by atoms with E-state index in [1.54, 1.807) is 26.0 Å². The topological polar surface area (TPSA) is 101 Å². The molecule has 0 aliphatic heterocycles. The van der Waals surface area contributed by atoms with Crippen molar-refractivity contribution in [3.63, 3.8) is 0 Å². The molecule has 5 nitrogen and oxygen atoms in total. The maximum atomic E-state index is 10.9. The molecular formula is C13H17NO4S. The summed E-state index contributed by atoms with van der Waals surface area (Å²) in [5.41, 5.74) is 6.79. The van der Waals surface area contributed by atoms with E-state index >= 15 is 0 Å². The van der Waals surface area contributed by atoms with Gasteiger partial charge in [0.05, 0.1) is 5.56 Å². The van der Waals surface area contributed by atoms with E-state index in [1.165, 1.54) is 23.9 Å². The van der Waals surface area contributed by atoms with Gasteiger partial charge in [0, 0.05) is 10.5 Å². The summed E-state index contributed by atoms with van der Waals surface area (Å²) in [7, 11) is 0. The molecule has 0 spiro atoms. The van der Waals surface area contributed by atoms with Crippen LogP contribution in [0.25, 0.3) is 0 Å². The third-order valence-electron chi connectivity index (χ3n) is 2.83. The Bertz CT molecular complexity index is 470. The maximum Gasteiger partial charge on any atom is 0.335 e. The smallest absolute Gasteiger partial charge is 0.335 e. The fourth-order valence-corrected chi connectivity index (χ4v) is 2.41. The van der Waals surface area contributed by atoms with Crippen molar-refractivity contribution in [2.24, 2.45) is 5.73 Å². The summed E-state index contributed by atoms with van der Waals surface area (Å²) in [5.74, 6) is -1.42. The van der Waals surface area contributed by atoms with Crippen molar-refractivity contribution in [3.05, 3.63) is 35.4 Å². The van der Waals surface area contributed by atoms with Crippen LogP contribution in [0.4, 0.5) is 0 Å². The molecule has 1 atom stereocenters. The van der Waals surface area contributed by atoms with Gasteiger partial charge in [-0.2, -0.15) is 0 Å². The number of thioether (sulfide) groups is 1. The lowest BCUT2D eigenvalue weighted by Crippen LogP contribution is -2.46. The summed E-state index contributed by atoms with van der Waals surface area (Å²) in [6.45, 7) is 3.56. The van der Waals surface area contributed by atoms with Gasteiger partial charge in [-0.15, -0.1) is 11.8 Å². The Morgan fingerprint density at radius 2 is 1.79 bits per heavy atom. The van der Waals surface area contributed by atoms with E-state index in [2.05, 4.69) is 0 Å². The molecule has 104 valence electrons. The Kier molecular flexibility index (Phi) is 4.97. The highest BCUT2D eigenvalue weighted by Gasteiger charge is 2.32. The fourth-order valence-electron chi connectivity index (χ4n) is 1.40. The molecule has 0 saturated heterocycles. The average Bonchev–Trinajstić information content (AvgIpc) is 2.35. The number of hydrogen-bond acceptors (Lipinski definition) is 4. The molecule has 0 radical (unpaired) electrons.